The van der Waals surface area contributed by atoms with Crippen molar-refractivity contribution in [2.75, 3.05) is 31.3 Å². The number of amides is 1. The molecule has 0 heterocycles. The van der Waals surface area contributed by atoms with Gasteiger partial charge < -0.3 is 14.8 Å². The lowest BCUT2D eigenvalue weighted by molar-refractivity contribution is -0.121. The Hall–Kier alpha value is -2.74. The summed E-state index contributed by atoms with van der Waals surface area (Å²) in [6, 6.07) is 12.1. The zero-order valence-electron chi connectivity index (χ0n) is 18.1. The molecule has 1 amide bonds. The molecule has 0 saturated heterocycles. The highest BCUT2D eigenvalue weighted by molar-refractivity contribution is 7.92. The first-order valence-corrected chi connectivity index (χ1v) is 11.6. The van der Waals surface area contributed by atoms with Crippen LogP contribution in [0.3, 0.4) is 0 Å². The van der Waals surface area contributed by atoms with Crippen molar-refractivity contribution >= 4 is 21.6 Å². The maximum absolute atomic E-state index is 12.7. The van der Waals surface area contributed by atoms with Crippen LogP contribution >= 0.6 is 0 Å². The van der Waals surface area contributed by atoms with Gasteiger partial charge in [-0.3, -0.25) is 9.10 Å². The van der Waals surface area contributed by atoms with Crippen molar-refractivity contribution in [1.29, 1.82) is 0 Å². The predicted octanol–water partition coefficient (Wildman–Crippen LogP) is 2.92. The molecular formula is C22H30N2O5S. The lowest BCUT2D eigenvalue weighted by Gasteiger charge is -2.29. The van der Waals surface area contributed by atoms with E-state index in [4.69, 9.17) is 9.47 Å². The van der Waals surface area contributed by atoms with Gasteiger partial charge in [-0.1, -0.05) is 18.2 Å². The fourth-order valence-corrected chi connectivity index (χ4v) is 4.37. The summed E-state index contributed by atoms with van der Waals surface area (Å²) in [6.07, 6.45) is 2.61. The highest BCUT2D eigenvalue weighted by atomic mass is 32.2. The van der Waals surface area contributed by atoms with Gasteiger partial charge in [0.25, 0.3) is 0 Å². The predicted molar refractivity (Wildman–Crippen MR) is 119 cm³/mol. The summed E-state index contributed by atoms with van der Waals surface area (Å²) in [5.74, 6) is 0.831. The summed E-state index contributed by atoms with van der Waals surface area (Å²) >= 11 is 0. The Kier molecular flexibility index (Phi) is 8.11. The molecule has 1 atom stereocenters. The molecule has 0 unspecified atom stereocenters. The summed E-state index contributed by atoms with van der Waals surface area (Å²) in [5.41, 5.74) is 2.35. The number of benzene rings is 2. The summed E-state index contributed by atoms with van der Waals surface area (Å²) in [4.78, 5) is 12.7. The number of hydrogen-bond acceptors (Lipinski definition) is 5. The van der Waals surface area contributed by atoms with Crippen molar-refractivity contribution in [1.82, 2.24) is 5.32 Å². The van der Waals surface area contributed by atoms with Gasteiger partial charge in [0.1, 0.15) is 17.5 Å². The quantitative estimate of drug-likeness (QED) is 0.581. The van der Waals surface area contributed by atoms with Crippen LogP contribution in [-0.2, 0) is 21.2 Å². The van der Waals surface area contributed by atoms with Crippen LogP contribution in [0.2, 0.25) is 0 Å². The minimum absolute atomic E-state index is 0.348. The Morgan fingerprint density at radius 1 is 1.10 bits per heavy atom. The molecule has 0 spiro atoms. The van der Waals surface area contributed by atoms with Crippen LogP contribution in [0.1, 0.15) is 24.5 Å². The molecule has 0 aliphatic rings. The molecule has 0 radical (unpaired) electrons. The van der Waals surface area contributed by atoms with Crippen molar-refractivity contribution in [3.63, 3.8) is 0 Å². The van der Waals surface area contributed by atoms with E-state index in [9.17, 15) is 13.2 Å². The highest BCUT2D eigenvalue weighted by Gasteiger charge is 2.31. The second kappa shape index (κ2) is 10.3. The fourth-order valence-electron chi connectivity index (χ4n) is 3.20. The molecular weight excluding hydrogens is 404 g/mol. The number of methoxy groups -OCH3 is 2. The Bertz CT molecular complexity index is 958. The van der Waals surface area contributed by atoms with Gasteiger partial charge in [-0.2, -0.15) is 0 Å². The zero-order chi connectivity index (χ0) is 22.3. The average Bonchev–Trinajstić information content (AvgIpc) is 2.70. The number of anilines is 1. The normalized spacial score (nSPS) is 12.2. The number of ether oxygens (including phenoxy) is 2. The highest BCUT2D eigenvalue weighted by Crippen LogP contribution is 2.32. The lowest BCUT2D eigenvalue weighted by atomic mass is 10.1. The molecule has 1 N–H and O–H groups in total. The maximum Gasteiger partial charge on any atom is 0.243 e. The van der Waals surface area contributed by atoms with Gasteiger partial charge in [-0.25, -0.2) is 8.42 Å². The first-order valence-electron chi connectivity index (χ1n) is 9.72. The van der Waals surface area contributed by atoms with Crippen molar-refractivity contribution < 1.29 is 22.7 Å². The van der Waals surface area contributed by atoms with E-state index in [1.807, 2.05) is 37.3 Å². The average molecular weight is 435 g/mol. The molecule has 8 heteroatoms. The van der Waals surface area contributed by atoms with Crippen LogP contribution in [-0.4, -0.2) is 47.4 Å². The van der Waals surface area contributed by atoms with Crippen LogP contribution < -0.4 is 19.1 Å². The standard InChI is InChI=1S/C22H30N2O5S/c1-16-8-13-21(29-4)20(15-16)24(30(5,26)27)17(2)22(25)23-14-6-7-18-9-11-19(28-3)12-10-18/h8-13,15,17H,6-7,14H2,1-5H3,(H,23,25)/t17-/m1/s1. The molecule has 7 nitrogen and oxygen atoms in total. The van der Waals surface area contributed by atoms with E-state index in [2.05, 4.69) is 5.32 Å². The van der Waals surface area contributed by atoms with E-state index in [1.165, 1.54) is 7.11 Å². The molecule has 2 aromatic rings. The minimum Gasteiger partial charge on any atom is -0.497 e. The number of rotatable bonds is 10. The molecule has 0 fully saturated rings. The first-order chi connectivity index (χ1) is 14.2. The second-order valence-electron chi connectivity index (χ2n) is 7.15. The van der Waals surface area contributed by atoms with Gasteiger partial charge in [-0.15, -0.1) is 0 Å². The Morgan fingerprint density at radius 2 is 1.77 bits per heavy atom. The van der Waals surface area contributed by atoms with Crippen LogP contribution in [0.5, 0.6) is 11.5 Å². The monoisotopic (exact) mass is 434 g/mol. The minimum atomic E-state index is -3.71. The Morgan fingerprint density at radius 3 is 2.33 bits per heavy atom. The number of carbonyl (C=O) groups excluding carboxylic acids is 1. The summed E-state index contributed by atoms with van der Waals surface area (Å²) < 4.78 is 36.6. The topological polar surface area (TPSA) is 84.9 Å². The number of carbonyl (C=O) groups is 1. The third-order valence-electron chi connectivity index (χ3n) is 4.76. The fraction of sp³-hybridized carbons (Fsp3) is 0.409. The molecule has 0 aromatic heterocycles. The van der Waals surface area contributed by atoms with Crippen LogP contribution in [0.25, 0.3) is 0 Å². The van der Waals surface area contributed by atoms with E-state index < -0.39 is 16.1 Å². The summed E-state index contributed by atoms with van der Waals surface area (Å²) in [7, 11) is -0.618. The number of aryl methyl sites for hydroxylation is 2. The largest absolute Gasteiger partial charge is 0.497 e. The molecule has 0 saturated carbocycles. The number of hydrogen-bond donors (Lipinski definition) is 1. The van der Waals surface area contributed by atoms with Gasteiger partial charge in [0, 0.05) is 6.54 Å². The van der Waals surface area contributed by atoms with E-state index >= 15 is 0 Å². The van der Waals surface area contributed by atoms with Crippen molar-refractivity contribution in [3.05, 3.63) is 53.6 Å². The second-order valence-corrected chi connectivity index (χ2v) is 9.01. The van der Waals surface area contributed by atoms with Crippen LogP contribution in [0.15, 0.2) is 42.5 Å². The zero-order valence-corrected chi connectivity index (χ0v) is 19.0. The SMILES string of the molecule is COc1ccc(CCCNC(=O)[C@@H](C)N(c2cc(C)ccc2OC)S(C)(=O)=O)cc1. The molecule has 164 valence electrons. The molecule has 30 heavy (non-hydrogen) atoms. The van der Waals surface area contributed by atoms with E-state index in [0.717, 1.165) is 40.3 Å². The number of nitrogens with zero attached hydrogens (tertiary/aromatic N) is 1. The van der Waals surface area contributed by atoms with Crippen molar-refractivity contribution in [2.45, 2.75) is 32.7 Å². The molecule has 2 rings (SSSR count). The van der Waals surface area contributed by atoms with Gasteiger partial charge in [0.05, 0.1) is 26.2 Å². The third-order valence-corrected chi connectivity index (χ3v) is 5.99. The first kappa shape index (κ1) is 23.5. The maximum atomic E-state index is 12.7. The third kappa shape index (κ3) is 6.13. The van der Waals surface area contributed by atoms with Crippen molar-refractivity contribution in [3.8, 4) is 11.5 Å². The molecule has 0 aliphatic carbocycles. The van der Waals surface area contributed by atoms with Crippen LogP contribution in [0, 0.1) is 6.92 Å². The number of nitrogens with one attached hydrogen (secondary N) is 1. The van der Waals surface area contributed by atoms with E-state index in [-0.39, 0.29) is 5.91 Å². The van der Waals surface area contributed by atoms with E-state index in [0.29, 0.717) is 18.0 Å². The number of sulfonamides is 1. The summed E-state index contributed by atoms with van der Waals surface area (Å²) in [5, 5.41) is 2.84. The summed E-state index contributed by atoms with van der Waals surface area (Å²) in [6.45, 7) is 3.87. The van der Waals surface area contributed by atoms with Gasteiger partial charge >= 0.3 is 0 Å². The van der Waals surface area contributed by atoms with Crippen LogP contribution in [0.4, 0.5) is 5.69 Å². The Labute approximate surface area is 179 Å². The molecule has 0 bridgehead atoms. The van der Waals surface area contributed by atoms with Gasteiger partial charge in [-0.05, 0) is 62.1 Å². The van der Waals surface area contributed by atoms with E-state index in [1.54, 1.807) is 26.2 Å². The molecule has 0 aliphatic heterocycles. The molecule has 2 aromatic carbocycles. The smallest absolute Gasteiger partial charge is 0.243 e. The Balaban J connectivity index is 2.04. The lowest BCUT2D eigenvalue weighted by Crippen LogP contribution is -2.48. The van der Waals surface area contributed by atoms with Gasteiger partial charge in [0.15, 0.2) is 0 Å². The van der Waals surface area contributed by atoms with Crippen molar-refractivity contribution in [2.24, 2.45) is 0 Å². The van der Waals surface area contributed by atoms with Gasteiger partial charge in [0.2, 0.25) is 15.9 Å².